The van der Waals surface area contributed by atoms with Crippen LogP contribution < -0.4 is 10.6 Å². The van der Waals surface area contributed by atoms with E-state index in [1.165, 1.54) is 28.3 Å². The van der Waals surface area contributed by atoms with E-state index in [0.717, 1.165) is 29.8 Å². The van der Waals surface area contributed by atoms with Crippen molar-refractivity contribution in [3.63, 3.8) is 0 Å². The standard InChI is InChI=1S/C25H26N4.C6H4BrNO2/c1-18(2)29-25-23-14-22(11-12-24(23)27-17-28-25)21-10-6-9-20(13-21)16-26-15-19-7-4-3-5-8-19;7-5-3-1-2-4(8-5)6(9)10/h3-14,17-18,26H,15-16H2,1-2H3,(H,27,28,29);1-3H,(H,9,10). The SMILES string of the molecule is CC(C)Nc1ncnc2ccc(-c3cccc(CNCc4ccccc4)c3)cc12.O=C(O)c1cccc(Br)n1. The number of halogens is 1. The first-order chi connectivity index (χ1) is 18.9. The summed E-state index contributed by atoms with van der Waals surface area (Å²) in [7, 11) is 0. The van der Waals surface area contributed by atoms with Gasteiger partial charge in [-0.15, -0.1) is 0 Å². The molecule has 0 fully saturated rings. The van der Waals surface area contributed by atoms with Gasteiger partial charge in [-0.2, -0.15) is 0 Å². The number of pyridine rings is 1. The average Bonchev–Trinajstić information content (AvgIpc) is 2.94. The Hall–Kier alpha value is -4.14. The van der Waals surface area contributed by atoms with Crippen LogP contribution in [-0.4, -0.2) is 32.1 Å². The molecule has 8 heteroatoms. The van der Waals surface area contributed by atoms with Gasteiger partial charge in [0.15, 0.2) is 0 Å². The van der Waals surface area contributed by atoms with Crippen molar-refractivity contribution in [2.75, 3.05) is 5.32 Å². The van der Waals surface area contributed by atoms with Crippen molar-refractivity contribution >= 4 is 38.6 Å². The Balaban J connectivity index is 0.000000298. The smallest absolute Gasteiger partial charge is 0.354 e. The second-order valence-corrected chi connectivity index (χ2v) is 10.0. The number of anilines is 1. The Morgan fingerprint density at radius 1 is 0.846 bits per heavy atom. The summed E-state index contributed by atoms with van der Waals surface area (Å²) in [4.78, 5) is 22.8. The lowest BCUT2D eigenvalue weighted by Crippen LogP contribution is -2.12. The summed E-state index contributed by atoms with van der Waals surface area (Å²) in [5.74, 6) is -0.131. The topological polar surface area (TPSA) is 100 Å². The number of benzene rings is 3. The summed E-state index contributed by atoms with van der Waals surface area (Å²) < 4.78 is 0.535. The second-order valence-electron chi connectivity index (χ2n) is 9.19. The molecule has 3 aromatic carbocycles. The highest BCUT2D eigenvalue weighted by Crippen LogP contribution is 2.27. The van der Waals surface area contributed by atoms with Crippen LogP contribution in [0.15, 0.2) is 102 Å². The molecule has 0 atom stereocenters. The monoisotopic (exact) mass is 583 g/mol. The fraction of sp³-hybridized carbons (Fsp3) is 0.161. The molecule has 7 nitrogen and oxygen atoms in total. The van der Waals surface area contributed by atoms with E-state index in [1.807, 2.05) is 6.07 Å². The zero-order valence-electron chi connectivity index (χ0n) is 21.8. The van der Waals surface area contributed by atoms with Gasteiger partial charge in [0.2, 0.25) is 0 Å². The molecule has 2 aromatic heterocycles. The van der Waals surface area contributed by atoms with Crippen molar-refractivity contribution in [2.45, 2.75) is 33.0 Å². The van der Waals surface area contributed by atoms with E-state index in [1.54, 1.807) is 18.5 Å². The van der Waals surface area contributed by atoms with Gasteiger partial charge >= 0.3 is 5.97 Å². The lowest BCUT2D eigenvalue weighted by molar-refractivity contribution is 0.0690. The number of aromatic nitrogens is 3. The summed E-state index contributed by atoms with van der Waals surface area (Å²) in [6.07, 6.45) is 1.62. The molecule has 0 aliphatic carbocycles. The molecule has 3 N–H and O–H groups in total. The van der Waals surface area contributed by atoms with Crippen LogP contribution in [-0.2, 0) is 13.1 Å². The molecule has 0 saturated heterocycles. The Morgan fingerprint density at radius 3 is 2.28 bits per heavy atom. The van der Waals surface area contributed by atoms with E-state index in [0.29, 0.717) is 10.6 Å². The zero-order chi connectivity index (χ0) is 27.6. The predicted octanol–water partition coefficient (Wildman–Crippen LogP) is 6.95. The third-order valence-electron chi connectivity index (χ3n) is 5.76. The number of carbonyl (C=O) groups is 1. The largest absolute Gasteiger partial charge is 0.477 e. The van der Waals surface area contributed by atoms with Gasteiger partial charge in [0.1, 0.15) is 22.4 Å². The molecule has 0 aliphatic rings. The van der Waals surface area contributed by atoms with Crippen molar-refractivity contribution < 1.29 is 9.90 Å². The molecule has 198 valence electrons. The average molecular weight is 585 g/mol. The maximum Gasteiger partial charge on any atom is 0.354 e. The van der Waals surface area contributed by atoms with E-state index in [2.05, 4.69) is 122 Å². The summed E-state index contributed by atoms with van der Waals surface area (Å²) >= 11 is 3.06. The molecule has 0 amide bonds. The van der Waals surface area contributed by atoms with E-state index < -0.39 is 5.97 Å². The third-order valence-corrected chi connectivity index (χ3v) is 6.20. The first-order valence-electron chi connectivity index (χ1n) is 12.6. The van der Waals surface area contributed by atoms with Gasteiger partial charge in [0, 0.05) is 24.5 Å². The Labute approximate surface area is 236 Å². The fourth-order valence-corrected chi connectivity index (χ4v) is 4.30. The minimum Gasteiger partial charge on any atom is -0.477 e. The number of hydrogen-bond donors (Lipinski definition) is 3. The van der Waals surface area contributed by atoms with Gasteiger partial charge in [-0.25, -0.2) is 19.7 Å². The minimum atomic E-state index is -1.01. The Kier molecular flexibility index (Phi) is 9.72. The lowest BCUT2D eigenvalue weighted by atomic mass is 10.0. The summed E-state index contributed by atoms with van der Waals surface area (Å²) in [6, 6.07) is 30.6. The molecule has 0 radical (unpaired) electrons. The van der Waals surface area contributed by atoms with Crippen LogP contribution in [0.3, 0.4) is 0 Å². The number of carboxylic acids is 1. The third kappa shape index (κ3) is 8.17. The van der Waals surface area contributed by atoms with E-state index in [9.17, 15) is 4.79 Å². The van der Waals surface area contributed by atoms with Gasteiger partial charge in [-0.3, -0.25) is 0 Å². The summed E-state index contributed by atoms with van der Waals surface area (Å²) in [5.41, 5.74) is 5.93. The van der Waals surface area contributed by atoms with Gasteiger partial charge < -0.3 is 15.7 Å². The van der Waals surface area contributed by atoms with E-state index >= 15 is 0 Å². The number of nitrogens with zero attached hydrogens (tertiary/aromatic N) is 3. The first-order valence-corrected chi connectivity index (χ1v) is 13.4. The maximum absolute atomic E-state index is 10.3. The maximum atomic E-state index is 10.3. The number of carboxylic acid groups (broad SMARTS) is 1. The van der Waals surface area contributed by atoms with Crippen LogP contribution in [0.2, 0.25) is 0 Å². The molecule has 0 aliphatic heterocycles. The molecule has 0 unspecified atom stereocenters. The highest BCUT2D eigenvalue weighted by atomic mass is 79.9. The van der Waals surface area contributed by atoms with Crippen molar-refractivity contribution in [1.82, 2.24) is 20.3 Å². The molecular formula is C31H30BrN5O2. The van der Waals surface area contributed by atoms with E-state index in [4.69, 9.17) is 5.11 Å². The number of hydrogen-bond acceptors (Lipinski definition) is 6. The molecule has 0 spiro atoms. The molecule has 2 heterocycles. The van der Waals surface area contributed by atoms with Crippen LogP contribution in [0.1, 0.15) is 35.5 Å². The van der Waals surface area contributed by atoms with Gasteiger partial charge in [-0.05, 0) is 82.4 Å². The van der Waals surface area contributed by atoms with Crippen LogP contribution in [0, 0.1) is 0 Å². The Bertz CT molecular complexity index is 1540. The van der Waals surface area contributed by atoms with Gasteiger partial charge in [0.05, 0.1) is 5.52 Å². The highest BCUT2D eigenvalue weighted by Gasteiger charge is 2.08. The van der Waals surface area contributed by atoms with Crippen molar-refractivity contribution in [3.8, 4) is 11.1 Å². The predicted molar refractivity (Wildman–Crippen MR) is 160 cm³/mol. The number of aromatic carboxylic acids is 1. The number of fused-ring (bicyclic) bond motifs is 1. The van der Waals surface area contributed by atoms with E-state index in [-0.39, 0.29) is 5.69 Å². The molecule has 0 bridgehead atoms. The second kappa shape index (κ2) is 13.6. The van der Waals surface area contributed by atoms with Crippen LogP contribution >= 0.6 is 15.9 Å². The molecule has 39 heavy (non-hydrogen) atoms. The normalized spacial score (nSPS) is 10.7. The number of nitrogens with one attached hydrogen (secondary N) is 2. The van der Waals surface area contributed by atoms with Crippen LogP contribution in [0.5, 0.6) is 0 Å². The minimum absolute atomic E-state index is 0.0503. The highest BCUT2D eigenvalue weighted by molar-refractivity contribution is 9.10. The first kappa shape index (κ1) is 27.9. The molecule has 0 saturated carbocycles. The summed E-state index contributed by atoms with van der Waals surface area (Å²) in [6.45, 7) is 5.93. The molecular weight excluding hydrogens is 554 g/mol. The molecule has 5 rings (SSSR count). The van der Waals surface area contributed by atoms with Crippen molar-refractivity contribution in [1.29, 1.82) is 0 Å². The van der Waals surface area contributed by atoms with Gasteiger partial charge in [0.25, 0.3) is 0 Å². The fourth-order valence-electron chi connectivity index (χ4n) is 3.96. The Morgan fingerprint density at radius 2 is 1.56 bits per heavy atom. The quantitative estimate of drug-likeness (QED) is 0.170. The van der Waals surface area contributed by atoms with Crippen LogP contribution in [0.25, 0.3) is 22.0 Å². The number of rotatable bonds is 8. The van der Waals surface area contributed by atoms with Crippen LogP contribution in [0.4, 0.5) is 5.82 Å². The molecule has 5 aromatic rings. The van der Waals surface area contributed by atoms with Crippen molar-refractivity contribution in [2.24, 2.45) is 0 Å². The lowest BCUT2D eigenvalue weighted by Gasteiger charge is -2.12. The summed E-state index contributed by atoms with van der Waals surface area (Å²) in [5, 5.41) is 16.4. The van der Waals surface area contributed by atoms with Gasteiger partial charge in [-0.1, -0.05) is 60.7 Å². The van der Waals surface area contributed by atoms with Crippen molar-refractivity contribution in [3.05, 3.63) is 119 Å². The zero-order valence-corrected chi connectivity index (χ0v) is 23.4.